The Balaban J connectivity index is 1.35. The van der Waals surface area contributed by atoms with Gasteiger partial charge in [0.25, 0.3) is 0 Å². The molecule has 3 aromatic carbocycles. The first-order chi connectivity index (χ1) is 14.7. The summed E-state index contributed by atoms with van der Waals surface area (Å²) < 4.78 is 0. The van der Waals surface area contributed by atoms with Crippen LogP contribution in [0.2, 0.25) is 0 Å². The molecular weight excluding hydrogens is 386 g/mol. The highest BCUT2D eigenvalue weighted by Crippen LogP contribution is 2.40. The molecule has 2 aliphatic rings. The van der Waals surface area contributed by atoms with Crippen molar-refractivity contribution in [3.63, 3.8) is 0 Å². The van der Waals surface area contributed by atoms with Gasteiger partial charge < -0.3 is 5.32 Å². The summed E-state index contributed by atoms with van der Waals surface area (Å²) in [6, 6.07) is 27.3. The number of anilines is 3. The largest absolute Gasteiger partial charge is 0.356 e. The van der Waals surface area contributed by atoms with E-state index < -0.39 is 0 Å². The van der Waals surface area contributed by atoms with Crippen molar-refractivity contribution in [3.05, 3.63) is 119 Å². The Morgan fingerprint density at radius 1 is 0.833 bits per heavy atom. The number of hydrogen-bond donors (Lipinski definition) is 2. The van der Waals surface area contributed by atoms with Crippen LogP contribution in [0.25, 0.3) is 5.57 Å². The Bertz CT molecular complexity index is 1140. The smallest absolute Gasteiger partial charge is 0.0728 e. The Morgan fingerprint density at radius 2 is 1.63 bits per heavy atom. The van der Waals surface area contributed by atoms with Crippen molar-refractivity contribution in [2.45, 2.75) is 6.92 Å². The van der Waals surface area contributed by atoms with Gasteiger partial charge in [0.1, 0.15) is 0 Å². The van der Waals surface area contributed by atoms with Crippen LogP contribution in [0.4, 0.5) is 17.1 Å². The molecule has 0 aliphatic carbocycles. The molecular formula is C26H23N3S. The fourth-order valence-electron chi connectivity index (χ4n) is 3.64. The predicted octanol–water partition coefficient (Wildman–Crippen LogP) is 6.94. The second-order valence-corrected chi connectivity index (χ2v) is 8.47. The molecule has 0 spiro atoms. The van der Waals surface area contributed by atoms with Crippen LogP contribution in [0.1, 0.15) is 11.1 Å². The highest BCUT2D eigenvalue weighted by Gasteiger charge is 2.23. The van der Waals surface area contributed by atoms with Crippen LogP contribution in [0.15, 0.2) is 108 Å². The van der Waals surface area contributed by atoms with E-state index in [1.807, 2.05) is 11.8 Å². The van der Waals surface area contributed by atoms with Gasteiger partial charge in [-0.15, -0.1) is 11.8 Å². The Morgan fingerprint density at radius 3 is 2.43 bits per heavy atom. The third-order valence-electron chi connectivity index (χ3n) is 5.13. The number of rotatable bonds is 5. The van der Waals surface area contributed by atoms with Crippen molar-refractivity contribution in [3.8, 4) is 0 Å². The molecule has 30 heavy (non-hydrogen) atoms. The molecule has 0 aromatic heterocycles. The van der Waals surface area contributed by atoms with Crippen molar-refractivity contribution in [2.75, 3.05) is 16.5 Å². The van der Waals surface area contributed by atoms with Crippen molar-refractivity contribution in [2.24, 2.45) is 0 Å². The lowest BCUT2D eigenvalue weighted by Gasteiger charge is -2.29. The van der Waals surface area contributed by atoms with Crippen LogP contribution >= 0.6 is 11.8 Å². The van der Waals surface area contributed by atoms with E-state index in [2.05, 4.69) is 120 Å². The molecule has 0 fully saturated rings. The maximum absolute atomic E-state index is 3.56. The highest BCUT2D eigenvalue weighted by atomic mass is 32.2. The molecule has 0 amide bonds. The third-order valence-corrected chi connectivity index (χ3v) is 6.10. The second-order valence-electron chi connectivity index (χ2n) is 7.41. The monoisotopic (exact) mass is 409 g/mol. The molecule has 148 valence electrons. The number of nitrogens with one attached hydrogen (secondary N) is 2. The van der Waals surface area contributed by atoms with Gasteiger partial charge in [-0.3, -0.25) is 10.4 Å². The summed E-state index contributed by atoms with van der Waals surface area (Å²) in [7, 11) is 0. The first kappa shape index (κ1) is 18.6. The minimum Gasteiger partial charge on any atom is -0.356 e. The lowest BCUT2D eigenvalue weighted by atomic mass is 10.0. The molecule has 0 saturated heterocycles. The van der Waals surface area contributed by atoms with Crippen LogP contribution in [0.3, 0.4) is 0 Å². The summed E-state index contributed by atoms with van der Waals surface area (Å²) >= 11 is 1.88. The van der Waals surface area contributed by atoms with E-state index in [0.717, 1.165) is 22.8 Å². The van der Waals surface area contributed by atoms with Crippen molar-refractivity contribution in [1.29, 1.82) is 0 Å². The molecule has 3 aromatic rings. The third kappa shape index (κ3) is 4.00. The van der Waals surface area contributed by atoms with Gasteiger partial charge in [-0.2, -0.15) is 0 Å². The summed E-state index contributed by atoms with van der Waals surface area (Å²) in [6.45, 7) is 2.10. The van der Waals surface area contributed by atoms with Gasteiger partial charge in [-0.25, -0.2) is 0 Å². The van der Waals surface area contributed by atoms with Gasteiger partial charge in [0.15, 0.2) is 0 Å². The summed E-state index contributed by atoms with van der Waals surface area (Å²) in [6.07, 6.45) is 6.73. The number of fused-ring (bicyclic) bond motifs is 1. The number of allylic oxidation sites excluding steroid dienone is 2. The van der Waals surface area contributed by atoms with Gasteiger partial charge in [-0.05, 0) is 66.6 Å². The zero-order valence-corrected chi connectivity index (χ0v) is 17.6. The predicted molar refractivity (Wildman–Crippen MR) is 129 cm³/mol. The normalized spacial score (nSPS) is 15.1. The number of nitrogens with zero attached hydrogens (tertiary/aromatic N) is 1. The SMILES string of the molecule is Cc1cccc(Nc2ccc(NN3C=C(c4ccccc4)C=C4SCC=C43)cc2)c1. The molecule has 0 radical (unpaired) electrons. The van der Waals surface area contributed by atoms with Crippen LogP contribution in [-0.2, 0) is 0 Å². The van der Waals surface area contributed by atoms with Gasteiger partial charge in [-0.1, -0.05) is 42.5 Å². The summed E-state index contributed by atoms with van der Waals surface area (Å²) in [5.74, 6) is 1.01. The second kappa shape index (κ2) is 8.17. The molecule has 0 bridgehead atoms. The molecule has 2 heterocycles. The number of hydrogen-bond acceptors (Lipinski definition) is 4. The molecule has 3 nitrogen and oxygen atoms in total. The number of aryl methyl sites for hydroxylation is 1. The lowest BCUT2D eigenvalue weighted by Crippen LogP contribution is -2.25. The maximum atomic E-state index is 3.56. The molecule has 4 heteroatoms. The van der Waals surface area contributed by atoms with E-state index in [-0.39, 0.29) is 0 Å². The van der Waals surface area contributed by atoms with Crippen molar-refractivity contribution >= 4 is 34.4 Å². The van der Waals surface area contributed by atoms with Crippen LogP contribution < -0.4 is 10.7 Å². The molecule has 2 N–H and O–H groups in total. The number of benzene rings is 3. The van der Waals surface area contributed by atoms with Crippen LogP contribution in [-0.4, -0.2) is 10.8 Å². The molecule has 0 unspecified atom stereocenters. The van der Waals surface area contributed by atoms with Gasteiger partial charge in [0, 0.05) is 33.8 Å². The Labute approximate surface area is 181 Å². The first-order valence-electron chi connectivity index (χ1n) is 10.1. The quantitative estimate of drug-likeness (QED) is 0.477. The van der Waals surface area contributed by atoms with Gasteiger partial charge in [0.2, 0.25) is 0 Å². The number of hydrazine groups is 1. The fraction of sp³-hybridized carbons (Fsp3) is 0.0769. The minimum atomic E-state index is 1.01. The zero-order valence-electron chi connectivity index (χ0n) is 16.8. The fourth-order valence-corrected chi connectivity index (χ4v) is 4.60. The van der Waals surface area contributed by atoms with E-state index in [1.54, 1.807) is 0 Å². The summed E-state index contributed by atoms with van der Waals surface area (Å²) in [5.41, 5.74) is 11.7. The zero-order chi connectivity index (χ0) is 20.3. The number of thioether (sulfide) groups is 1. The molecule has 0 saturated carbocycles. The highest BCUT2D eigenvalue weighted by molar-refractivity contribution is 8.03. The van der Waals surface area contributed by atoms with E-state index in [0.29, 0.717) is 0 Å². The van der Waals surface area contributed by atoms with E-state index in [1.165, 1.54) is 27.3 Å². The molecule has 0 atom stereocenters. The molecule has 2 aliphatic heterocycles. The van der Waals surface area contributed by atoms with Gasteiger partial charge >= 0.3 is 0 Å². The minimum absolute atomic E-state index is 1.01. The summed E-state index contributed by atoms with van der Waals surface area (Å²) in [5, 5.41) is 5.60. The average Bonchev–Trinajstić information content (AvgIpc) is 3.25. The van der Waals surface area contributed by atoms with Crippen molar-refractivity contribution in [1.82, 2.24) is 5.01 Å². The average molecular weight is 410 g/mol. The Hall–Kier alpha value is -3.37. The first-order valence-corrected chi connectivity index (χ1v) is 11.1. The molecule has 5 rings (SSSR count). The van der Waals surface area contributed by atoms with E-state index in [9.17, 15) is 0 Å². The van der Waals surface area contributed by atoms with Crippen molar-refractivity contribution < 1.29 is 0 Å². The maximum Gasteiger partial charge on any atom is 0.0728 e. The Kier molecular flexibility index (Phi) is 5.08. The summed E-state index contributed by atoms with van der Waals surface area (Å²) in [4.78, 5) is 1.31. The van der Waals surface area contributed by atoms with E-state index in [4.69, 9.17) is 0 Å². The van der Waals surface area contributed by atoms with Crippen LogP contribution in [0, 0.1) is 6.92 Å². The van der Waals surface area contributed by atoms with Gasteiger partial charge in [0.05, 0.1) is 11.4 Å². The lowest BCUT2D eigenvalue weighted by molar-refractivity contribution is 0.572. The van der Waals surface area contributed by atoms with E-state index >= 15 is 0 Å². The topological polar surface area (TPSA) is 27.3 Å². The standard InChI is InChI=1S/C26H23N3S/c1-19-6-5-9-24(16-19)27-22-10-12-23(13-11-22)28-29-18-21(20-7-3-2-4-8-20)17-26-25(29)14-15-30-26/h2-14,16-18,27-28H,15H2,1H3. The van der Waals surface area contributed by atoms with Crippen LogP contribution in [0.5, 0.6) is 0 Å².